The van der Waals surface area contributed by atoms with Gasteiger partial charge in [-0.05, 0) is 37.6 Å². The van der Waals surface area contributed by atoms with Crippen molar-refractivity contribution in [1.29, 1.82) is 0 Å². The van der Waals surface area contributed by atoms with Crippen molar-refractivity contribution in [3.05, 3.63) is 29.3 Å². The Hall–Kier alpha value is -0.970. The van der Waals surface area contributed by atoms with Gasteiger partial charge in [-0.25, -0.2) is 0 Å². The molecule has 0 saturated carbocycles. The minimum Gasteiger partial charge on any atom is -0.492 e. The van der Waals surface area contributed by atoms with Gasteiger partial charge in [-0.3, -0.25) is 9.69 Å². The first-order valence-corrected chi connectivity index (χ1v) is 6.40. The SMILES string of the molecule is Cl.O=C(O)[C@@H]1CCCN1CCOc1cccc(Cl)c1. The van der Waals surface area contributed by atoms with Crippen LogP contribution >= 0.6 is 24.0 Å². The molecule has 1 aliphatic rings. The first-order valence-electron chi connectivity index (χ1n) is 6.02. The molecule has 1 aromatic rings. The van der Waals surface area contributed by atoms with E-state index < -0.39 is 5.97 Å². The zero-order valence-electron chi connectivity index (χ0n) is 10.4. The molecule has 1 aliphatic heterocycles. The summed E-state index contributed by atoms with van der Waals surface area (Å²) >= 11 is 5.85. The van der Waals surface area contributed by atoms with Crippen LogP contribution < -0.4 is 4.74 Å². The number of carbonyl (C=O) groups is 1. The Morgan fingerprint density at radius 1 is 1.53 bits per heavy atom. The van der Waals surface area contributed by atoms with Crippen LogP contribution in [0.15, 0.2) is 24.3 Å². The van der Waals surface area contributed by atoms with Crippen molar-refractivity contribution in [3.63, 3.8) is 0 Å². The zero-order valence-corrected chi connectivity index (χ0v) is 12.0. The number of halogens is 2. The van der Waals surface area contributed by atoms with Gasteiger partial charge in [0.25, 0.3) is 0 Å². The summed E-state index contributed by atoms with van der Waals surface area (Å²) in [7, 11) is 0. The highest BCUT2D eigenvalue weighted by Crippen LogP contribution is 2.19. The Morgan fingerprint density at radius 3 is 3.00 bits per heavy atom. The number of carboxylic acid groups (broad SMARTS) is 1. The summed E-state index contributed by atoms with van der Waals surface area (Å²) in [4.78, 5) is 12.9. The maximum Gasteiger partial charge on any atom is 0.320 e. The predicted octanol–water partition coefficient (Wildman–Crippen LogP) is 2.69. The van der Waals surface area contributed by atoms with Crippen LogP contribution in [0.4, 0.5) is 0 Å². The Morgan fingerprint density at radius 2 is 2.32 bits per heavy atom. The molecule has 1 aromatic carbocycles. The molecule has 2 rings (SSSR count). The summed E-state index contributed by atoms with van der Waals surface area (Å²) < 4.78 is 5.56. The molecule has 1 atom stereocenters. The number of rotatable bonds is 5. The number of aliphatic carboxylic acids is 1. The van der Waals surface area contributed by atoms with Crippen molar-refractivity contribution in [2.45, 2.75) is 18.9 Å². The lowest BCUT2D eigenvalue weighted by atomic mass is 10.2. The Balaban J connectivity index is 0.00000180. The van der Waals surface area contributed by atoms with Gasteiger partial charge in [-0.2, -0.15) is 0 Å². The average molecular weight is 306 g/mol. The van der Waals surface area contributed by atoms with Crippen LogP contribution in [-0.4, -0.2) is 41.7 Å². The minimum atomic E-state index is -0.741. The fraction of sp³-hybridized carbons (Fsp3) is 0.462. The van der Waals surface area contributed by atoms with E-state index in [0.717, 1.165) is 19.4 Å². The lowest BCUT2D eigenvalue weighted by Crippen LogP contribution is -2.38. The molecular weight excluding hydrogens is 289 g/mol. The number of carboxylic acids is 1. The summed E-state index contributed by atoms with van der Waals surface area (Å²) in [5, 5.41) is 9.67. The second-order valence-electron chi connectivity index (χ2n) is 4.34. The van der Waals surface area contributed by atoms with Gasteiger partial charge in [0.05, 0.1) is 0 Å². The van der Waals surface area contributed by atoms with Crippen LogP contribution in [0.25, 0.3) is 0 Å². The Bertz CT molecular complexity index is 428. The Labute approximate surface area is 123 Å². The summed E-state index contributed by atoms with van der Waals surface area (Å²) in [5.41, 5.74) is 0. The third kappa shape index (κ3) is 4.56. The maximum absolute atomic E-state index is 11.0. The molecule has 1 N–H and O–H groups in total. The third-order valence-corrected chi connectivity index (χ3v) is 3.33. The largest absolute Gasteiger partial charge is 0.492 e. The molecule has 0 bridgehead atoms. The van der Waals surface area contributed by atoms with Crippen LogP contribution in [-0.2, 0) is 4.79 Å². The van der Waals surface area contributed by atoms with Crippen LogP contribution in [0.5, 0.6) is 5.75 Å². The fourth-order valence-corrected chi connectivity index (χ4v) is 2.39. The highest BCUT2D eigenvalue weighted by atomic mass is 35.5. The van der Waals surface area contributed by atoms with Crippen LogP contribution in [0, 0.1) is 0 Å². The van der Waals surface area contributed by atoms with Crippen molar-refractivity contribution in [1.82, 2.24) is 4.90 Å². The van der Waals surface area contributed by atoms with Crippen molar-refractivity contribution < 1.29 is 14.6 Å². The molecule has 19 heavy (non-hydrogen) atoms. The van der Waals surface area contributed by atoms with Gasteiger partial charge in [0.1, 0.15) is 18.4 Å². The van der Waals surface area contributed by atoms with Crippen LogP contribution in [0.3, 0.4) is 0 Å². The summed E-state index contributed by atoms with van der Waals surface area (Å²) in [6.45, 7) is 1.93. The number of nitrogens with zero attached hydrogens (tertiary/aromatic N) is 1. The van der Waals surface area contributed by atoms with E-state index in [9.17, 15) is 4.79 Å². The molecule has 0 radical (unpaired) electrons. The molecule has 1 heterocycles. The van der Waals surface area contributed by atoms with E-state index in [4.69, 9.17) is 21.4 Å². The maximum atomic E-state index is 11.0. The van der Waals surface area contributed by atoms with Crippen LogP contribution in [0.1, 0.15) is 12.8 Å². The summed E-state index contributed by atoms with van der Waals surface area (Å²) in [5.74, 6) is -0.0242. The topological polar surface area (TPSA) is 49.8 Å². The summed E-state index contributed by atoms with van der Waals surface area (Å²) in [6, 6.07) is 6.85. The van der Waals surface area contributed by atoms with Gasteiger partial charge in [0.15, 0.2) is 0 Å². The van der Waals surface area contributed by atoms with Crippen molar-refractivity contribution in [2.75, 3.05) is 19.7 Å². The molecule has 0 spiro atoms. The molecule has 1 saturated heterocycles. The lowest BCUT2D eigenvalue weighted by Gasteiger charge is -2.20. The molecule has 0 amide bonds. The third-order valence-electron chi connectivity index (χ3n) is 3.09. The highest BCUT2D eigenvalue weighted by molar-refractivity contribution is 6.30. The molecular formula is C13H17Cl2NO3. The minimum absolute atomic E-state index is 0. The quantitative estimate of drug-likeness (QED) is 0.908. The van der Waals surface area contributed by atoms with Gasteiger partial charge < -0.3 is 9.84 Å². The van der Waals surface area contributed by atoms with E-state index >= 15 is 0 Å². The number of benzene rings is 1. The zero-order chi connectivity index (χ0) is 13.0. The first-order chi connectivity index (χ1) is 8.66. The number of hydrogen-bond acceptors (Lipinski definition) is 3. The fourth-order valence-electron chi connectivity index (χ4n) is 2.21. The molecule has 1 fully saturated rings. The Kier molecular flexibility index (Phi) is 6.42. The average Bonchev–Trinajstić information content (AvgIpc) is 2.77. The van der Waals surface area contributed by atoms with E-state index in [1.54, 1.807) is 12.1 Å². The van der Waals surface area contributed by atoms with Gasteiger partial charge >= 0.3 is 5.97 Å². The van der Waals surface area contributed by atoms with Crippen molar-refractivity contribution in [3.8, 4) is 5.75 Å². The highest BCUT2D eigenvalue weighted by Gasteiger charge is 2.29. The van der Waals surface area contributed by atoms with Gasteiger partial charge in [-0.15, -0.1) is 12.4 Å². The normalized spacial score (nSPS) is 18.9. The second-order valence-corrected chi connectivity index (χ2v) is 4.77. The number of hydrogen-bond donors (Lipinski definition) is 1. The second kappa shape index (κ2) is 7.58. The molecule has 106 valence electrons. The smallest absolute Gasteiger partial charge is 0.320 e. The van der Waals surface area contributed by atoms with Crippen LogP contribution in [0.2, 0.25) is 5.02 Å². The first kappa shape index (κ1) is 16.1. The van der Waals surface area contributed by atoms with Crippen molar-refractivity contribution >= 4 is 30.0 Å². The van der Waals surface area contributed by atoms with Gasteiger partial charge in [0.2, 0.25) is 0 Å². The number of likely N-dealkylation sites (tertiary alicyclic amines) is 1. The van der Waals surface area contributed by atoms with Gasteiger partial charge in [0, 0.05) is 11.6 Å². The van der Waals surface area contributed by atoms with E-state index in [2.05, 4.69) is 0 Å². The molecule has 6 heteroatoms. The standard InChI is InChI=1S/C13H16ClNO3.ClH/c14-10-3-1-4-11(9-10)18-8-7-15-6-2-5-12(15)13(16)17;/h1,3-4,9,12H,2,5-8H2,(H,16,17);1H/t12-;/m0./s1. The predicted molar refractivity (Wildman–Crippen MR) is 76.4 cm³/mol. The van der Waals surface area contributed by atoms with Crippen molar-refractivity contribution in [2.24, 2.45) is 0 Å². The van der Waals surface area contributed by atoms with E-state index in [-0.39, 0.29) is 18.4 Å². The lowest BCUT2D eigenvalue weighted by molar-refractivity contribution is -0.142. The molecule has 0 aromatic heterocycles. The van der Waals surface area contributed by atoms with Gasteiger partial charge in [-0.1, -0.05) is 17.7 Å². The van der Waals surface area contributed by atoms with E-state index in [1.807, 2.05) is 17.0 Å². The summed E-state index contributed by atoms with van der Waals surface area (Å²) in [6.07, 6.45) is 1.67. The molecule has 0 unspecified atom stereocenters. The molecule has 4 nitrogen and oxygen atoms in total. The molecule has 0 aliphatic carbocycles. The number of ether oxygens (including phenoxy) is 1. The van der Waals surface area contributed by atoms with E-state index in [0.29, 0.717) is 23.9 Å². The monoisotopic (exact) mass is 305 g/mol. The van der Waals surface area contributed by atoms with E-state index in [1.165, 1.54) is 0 Å².